The molecule has 1 rings (SSSR count). The van der Waals surface area contributed by atoms with E-state index in [-0.39, 0.29) is 0 Å². The minimum Gasteiger partial charge on any atom is -0.0990 e. The molecule has 0 heterocycles. The van der Waals surface area contributed by atoms with Gasteiger partial charge in [-0.1, -0.05) is 105 Å². The van der Waals surface area contributed by atoms with E-state index < -0.39 is 0 Å². The van der Waals surface area contributed by atoms with Gasteiger partial charge in [0.2, 0.25) is 0 Å². The zero-order valence-electron chi connectivity index (χ0n) is 17.7. The second-order valence-electron chi connectivity index (χ2n) is 6.33. The molecule has 28 heavy (non-hydrogen) atoms. The number of hydrogen-bond donors (Lipinski definition) is 0. The molecule has 0 bridgehead atoms. The molecule has 0 aliphatic carbocycles. The van der Waals surface area contributed by atoms with Crippen LogP contribution in [-0.4, -0.2) is 0 Å². The van der Waals surface area contributed by atoms with Crippen molar-refractivity contribution in [1.29, 1.82) is 0 Å². The first-order chi connectivity index (χ1) is 13.5. The maximum Gasteiger partial charge on any atom is -0.00766 e. The standard InChI is InChI=1S/C28H32/c1-8-13-17-23(7)28(27(12-5)22(6)14-9-2)26-20-18-25(19-21-26)24(15-10-3)16-11-4/h8-21H,3,5-6H2,1-2,4,7H3/b13-8-,14-9-,16-11-,23-17+,24-15+,28-27+. The third-order valence-electron chi connectivity index (χ3n) is 4.27. The Balaban J connectivity index is 3.63. The highest BCUT2D eigenvalue weighted by atomic mass is 14.2. The van der Waals surface area contributed by atoms with Gasteiger partial charge >= 0.3 is 0 Å². The maximum atomic E-state index is 4.23. The summed E-state index contributed by atoms with van der Waals surface area (Å²) < 4.78 is 0. The Kier molecular flexibility index (Phi) is 10.1. The number of benzene rings is 1. The Morgan fingerprint density at radius 2 is 1.43 bits per heavy atom. The van der Waals surface area contributed by atoms with Crippen LogP contribution in [0.2, 0.25) is 0 Å². The van der Waals surface area contributed by atoms with Gasteiger partial charge in [-0.15, -0.1) is 0 Å². The van der Waals surface area contributed by atoms with Crippen LogP contribution >= 0.6 is 0 Å². The summed E-state index contributed by atoms with van der Waals surface area (Å²) in [5, 5.41) is 0. The molecule has 0 aliphatic rings. The van der Waals surface area contributed by atoms with Crippen molar-refractivity contribution in [2.45, 2.75) is 27.7 Å². The fraction of sp³-hybridized carbons (Fsp3) is 0.143. The molecule has 1 aromatic rings. The van der Waals surface area contributed by atoms with E-state index in [1.54, 1.807) is 0 Å². The first-order valence-corrected chi connectivity index (χ1v) is 9.58. The van der Waals surface area contributed by atoms with Crippen LogP contribution in [0.1, 0.15) is 38.8 Å². The summed E-state index contributed by atoms with van der Waals surface area (Å²) in [7, 11) is 0. The lowest BCUT2D eigenvalue weighted by atomic mass is 9.89. The lowest BCUT2D eigenvalue weighted by Crippen LogP contribution is -1.95. The van der Waals surface area contributed by atoms with Crippen molar-refractivity contribution in [2.75, 3.05) is 0 Å². The average Bonchev–Trinajstić information content (AvgIpc) is 2.70. The van der Waals surface area contributed by atoms with Crippen molar-refractivity contribution in [3.05, 3.63) is 133 Å². The molecule has 0 heteroatoms. The van der Waals surface area contributed by atoms with Gasteiger partial charge in [0.05, 0.1) is 0 Å². The molecule has 1 aromatic carbocycles. The minimum absolute atomic E-state index is 0.950. The summed E-state index contributed by atoms with van der Waals surface area (Å²) in [5.74, 6) is 0. The van der Waals surface area contributed by atoms with Crippen LogP contribution in [0.4, 0.5) is 0 Å². The van der Waals surface area contributed by atoms with Gasteiger partial charge in [0.15, 0.2) is 0 Å². The highest BCUT2D eigenvalue weighted by Crippen LogP contribution is 2.32. The Bertz CT molecular complexity index is 872. The monoisotopic (exact) mass is 368 g/mol. The van der Waals surface area contributed by atoms with Gasteiger partial charge in [0.25, 0.3) is 0 Å². The van der Waals surface area contributed by atoms with E-state index in [4.69, 9.17) is 0 Å². The van der Waals surface area contributed by atoms with Gasteiger partial charge in [0, 0.05) is 0 Å². The van der Waals surface area contributed by atoms with Gasteiger partial charge in [-0.05, 0) is 66.7 Å². The Morgan fingerprint density at radius 3 is 1.93 bits per heavy atom. The van der Waals surface area contributed by atoms with Crippen molar-refractivity contribution >= 4 is 11.1 Å². The van der Waals surface area contributed by atoms with E-state index in [1.807, 2.05) is 63.3 Å². The van der Waals surface area contributed by atoms with Crippen LogP contribution in [-0.2, 0) is 0 Å². The summed E-state index contributed by atoms with van der Waals surface area (Å²) in [6, 6.07) is 8.61. The molecule has 144 valence electrons. The average molecular weight is 369 g/mol. The fourth-order valence-corrected chi connectivity index (χ4v) is 2.99. The highest BCUT2D eigenvalue weighted by molar-refractivity contribution is 5.87. The van der Waals surface area contributed by atoms with E-state index >= 15 is 0 Å². The maximum absolute atomic E-state index is 4.23. The van der Waals surface area contributed by atoms with E-state index in [0.717, 1.165) is 33.4 Å². The van der Waals surface area contributed by atoms with Crippen molar-refractivity contribution < 1.29 is 0 Å². The molecule has 0 unspecified atom stereocenters. The quantitative estimate of drug-likeness (QED) is 0.384. The Labute approximate surface area is 171 Å². The molecule has 0 amide bonds. The topological polar surface area (TPSA) is 0 Å². The summed E-state index contributed by atoms with van der Waals surface area (Å²) in [5.41, 5.74) is 7.73. The highest BCUT2D eigenvalue weighted by Gasteiger charge is 2.11. The van der Waals surface area contributed by atoms with Crippen LogP contribution in [0.25, 0.3) is 11.1 Å². The zero-order chi connectivity index (χ0) is 20.9. The summed E-state index contributed by atoms with van der Waals surface area (Å²) >= 11 is 0. The second-order valence-corrected chi connectivity index (χ2v) is 6.33. The van der Waals surface area contributed by atoms with Crippen molar-refractivity contribution in [3.63, 3.8) is 0 Å². The Morgan fingerprint density at radius 1 is 0.821 bits per heavy atom. The summed E-state index contributed by atoms with van der Waals surface area (Å²) in [4.78, 5) is 0. The van der Waals surface area contributed by atoms with Gasteiger partial charge in [-0.25, -0.2) is 0 Å². The van der Waals surface area contributed by atoms with Gasteiger partial charge in [-0.3, -0.25) is 0 Å². The van der Waals surface area contributed by atoms with E-state index in [0.29, 0.717) is 0 Å². The fourth-order valence-electron chi connectivity index (χ4n) is 2.99. The molecular formula is C28H32. The zero-order valence-corrected chi connectivity index (χ0v) is 17.7. The van der Waals surface area contributed by atoms with Crippen LogP contribution in [0, 0.1) is 0 Å². The second kappa shape index (κ2) is 12.3. The normalized spacial score (nSPS) is 14.0. The first kappa shape index (κ1) is 22.9. The molecule has 0 nitrogen and oxygen atoms in total. The predicted molar refractivity (Wildman–Crippen MR) is 129 cm³/mol. The number of allylic oxidation sites excluding steroid dienone is 15. The van der Waals surface area contributed by atoms with Gasteiger partial charge in [-0.2, -0.15) is 0 Å². The molecule has 0 aromatic heterocycles. The van der Waals surface area contributed by atoms with E-state index in [2.05, 4.69) is 69.2 Å². The summed E-state index contributed by atoms with van der Waals surface area (Å²) in [6.45, 7) is 20.2. The molecule has 0 saturated heterocycles. The molecule has 0 saturated carbocycles. The summed E-state index contributed by atoms with van der Waals surface area (Å²) in [6.07, 6.45) is 20.1. The van der Waals surface area contributed by atoms with E-state index in [9.17, 15) is 0 Å². The first-order valence-electron chi connectivity index (χ1n) is 9.58. The van der Waals surface area contributed by atoms with Crippen molar-refractivity contribution in [1.82, 2.24) is 0 Å². The van der Waals surface area contributed by atoms with Gasteiger partial charge in [0.1, 0.15) is 0 Å². The molecule has 0 radical (unpaired) electrons. The predicted octanol–water partition coefficient (Wildman–Crippen LogP) is 8.43. The van der Waals surface area contributed by atoms with Crippen LogP contribution in [0.3, 0.4) is 0 Å². The van der Waals surface area contributed by atoms with Crippen molar-refractivity contribution in [3.8, 4) is 0 Å². The molecule has 0 N–H and O–H groups in total. The third kappa shape index (κ3) is 6.25. The van der Waals surface area contributed by atoms with Crippen molar-refractivity contribution in [2.24, 2.45) is 0 Å². The molecule has 0 fully saturated rings. The SMILES string of the molecule is C=C/C=C(\C=C/C)c1ccc(C(/C(C)=C/C=C\C)=C(\C=C)C(=C)/C=C\C)cc1. The number of rotatable bonds is 9. The van der Waals surface area contributed by atoms with Crippen LogP contribution in [0.15, 0.2) is 121 Å². The lowest BCUT2D eigenvalue weighted by molar-refractivity contribution is 1.43. The Hall–Kier alpha value is -3.12. The van der Waals surface area contributed by atoms with Crippen LogP contribution < -0.4 is 0 Å². The van der Waals surface area contributed by atoms with E-state index in [1.165, 1.54) is 5.57 Å². The smallest absolute Gasteiger partial charge is 0.00766 e. The molecule has 0 atom stereocenters. The number of hydrogen-bond acceptors (Lipinski definition) is 0. The van der Waals surface area contributed by atoms with Crippen LogP contribution in [0.5, 0.6) is 0 Å². The molecular weight excluding hydrogens is 336 g/mol. The van der Waals surface area contributed by atoms with Gasteiger partial charge < -0.3 is 0 Å². The molecule has 0 aliphatic heterocycles. The largest absolute Gasteiger partial charge is 0.0990 e. The minimum atomic E-state index is 0.950. The lowest BCUT2D eigenvalue weighted by Gasteiger charge is -2.15. The molecule has 0 spiro atoms. The third-order valence-corrected chi connectivity index (χ3v) is 4.27.